The van der Waals surface area contributed by atoms with Crippen molar-refractivity contribution in [2.24, 2.45) is 0 Å². The molecule has 1 N–H and O–H groups in total. The first-order chi connectivity index (χ1) is 14.7. The summed E-state index contributed by atoms with van der Waals surface area (Å²) in [7, 11) is -3.84. The summed E-state index contributed by atoms with van der Waals surface area (Å²) in [5.41, 5.74) is 2.22. The Hall–Kier alpha value is -2.52. The molecule has 3 aromatic carbocycles. The van der Waals surface area contributed by atoms with Crippen LogP contribution in [0.3, 0.4) is 0 Å². The quantitative estimate of drug-likeness (QED) is 0.428. The number of hydrogen-bond donors (Lipinski definition) is 1. The first-order valence-corrected chi connectivity index (χ1v) is 12.1. The van der Waals surface area contributed by atoms with Crippen molar-refractivity contribution in [1.82, 2.24) is 9.29 Å². The van der Waals surface area contributed by atoms with Crippen LogP contribution in [0.1, 0.15) is 24.1 Å². The third-order valence-corrected chi connectivity index (χ3v) is 7.64. The van der Waals surface area contributed by atoms with Crippen LogP contribution in [0.2, 0.25) is 5.02 Å². The summed E-state index contributed by atoms with van der Waals surface area (Å²) in [6.07, 6.45) is 0. The van der Waals surface area contributed by atoms with E-state index in [4.69, 9.17) is 11.6 Å². The number of nitrogens with one attached hydrogen (secondary N) is 1. The molecule has 160 valence electrons. The zero-order chi connectivity index (χ0) is 22.2. The van der Waals surface area contributed by atoms with Crippen LogP contribution in [0.4, 0.5) is 4.39 Å². The van der Waals surface area contributed by atoms with E-state index in [1.165, 1.54) is 36.4 Å². The Morgan fingerprint density at radius 2 is 1.74 bits per heavy atom. The van der Waals surface area contributed by atoms with Gasteiger partial charge >= 0.3 is 4.87 Å². The molecule has 5 nitrogen and oxygen atoms in total. The predicted octanol–water partition coefficient (Wildman–Crippen LogP) is 4.94. The Balaban J connectivity index is 1.62. The molecular formula is C22H18ClFN2O3S2. The highest BCUT2D eigenvalue weighted by Crippen LogP contribution is 2.24. The monoisotopic (exact) mass is 476 g/mol. The predicted molar refractivity (Wildman–Crippen MR) is 122 cm³/mol. The maximum atomic E-state index is 13.1. The molecule has 0 radical (unpaired) electrons. The van der Waals surface area contributed by atoms with E-state index in [0.717, 1.165) is 16.9 Å². The second-order valence-electron chi connectivity index (χ2n) is 7.10. The molecule has 0 aliphatic heterocycles. The SMILES string of the molecule is C[C@H](NS(=O)(=O)c1ccc2c(c1)sc(=O)n2Cc1ccc(Cl)cc1)c1ccc(F)cc1. The van der Waals surface area contributed by atoms with E-state index in [2.05, 4.69) is 4.72 Å². The Morgan fingerprint density at radius 3 is 2.42 bits per heavy atom. The number of hydrogen-bond acceptors (Lipinski definition) is 4. The molecule has 4 rings (SSSR count). The zero-order valence-corrected chi connectivity index (χ0v) is 18.8. The molecule has 0 bridgehead atoms. The number of halogens is 2. The lowest BCUT2D eigenvalue weighted by molar-refractivity contribution is 0.566. The molecule has 0 aliphatic rings. The van der Waals surface area contributed by atoms with E-state index >= 15 is 0 Å². The molecule has 0 fully saturated rings. The molecule has 0 spiro atoms. The van der Waals surface area contributed by atoms with Crippen LogP contribution in [0.5, 0.6) is 0 Å². The molecule has 0 saturated heterocycles. The number of nitrogens with zero attached hydrogens (tertiary/aromatic N) is 1. The zero-order valence-electron chi connectivity index (χ0n) is 16.4. The summed E-state index contributed by atoms with van der Waals surface area (Å²) in [4.78, 5) is 12.4. The number of thiazole rings is 1. The fraction of sp³-hybridized carbons (Fsp3) is 0.136. The van der Waals surface area contributed by atoms with Gasteiger partial charge in [-0.15, -0.1) is 0 Å². The lowest BCUT2D eigenvalue weighted by Crippen LogP contribution is -2.26. The Bertz CT molecular complexity index is 1400. The Labute approximate surface area is 187 Å². The van der Waals surface area contributed by atoms with Crippen molar-refractivity contribution in [2.45, 2.75) is 24.4 Å². The molecule has 1 aromatic heterocycles. The summed E-state index contributed by atoms with van der Waals surface area (Å²) in [6, 6.07) is 16.9. The molecule has 31 heavy (non-hydrogen) atoms. The maximum absolute atomic E-state index is 13.1. The van der Waals surface area contributed by atoms with Gasteiger partial charge in [-0.25, -0.2) is 17.5 Å². The first kappa shape index (κ1) is 21.7. The summed E-state index contributed by atoms with van der Waals surface area (Å²) < 4.78 is 43.6. The lowest BCUT2D eigenvalue weighted by atomic mass is 10.1. The summed E-state index contributed by atoms with van der Waals surface area (Å²) in [5, 5.41) is 0.614. The summed E-state index contributed by atoms with van der Waals surface area (Å²) in [5.74, 6) is -0.387. The molecular weight excluding hydrogens is 459 g/mol. The Morgan fingerprint density at radius 1 is 1.06 bits per heavy atom. The van der Waals surface area contributed by atoms with E-state index < -0.39 is 16.1 Å². The van der Waals surface area contributed by atoms with Gasteiger partial charge in [-0.2, -0.15) is 0 Å². The first-order valence-electron chi connectivity index (χ1n) is 9.38. The van der Waals surface area contributed by atoms with Crippen LogP contribution < -0.4 is 9.60 Å². The van der Waals surface area contributed by atoms with E-state index in [-0.39, 0.29) is 15.6 Å². The number of rotatable bonds is 6. The van der Waals surface area contributed by atoms with Crippen LogP contribution >= 0.6 is 22.9 Å². The second kappa shape index (κ2) is 8.55. The van der Waals surface area contributed by atoms with Crippen molar-refractivity contribution in [3.8, 4) is 0 Å². The molecule has 9 heteroatoms. The van der Waals surface area contributed by atoms with Crippen molar-refractivity contribution >= 4 is 43.2 Å². The highest BCUT2D eigenvalue weighted by Gasteiger charge is 2.20. The topological polar surface area (TPSA) is 68.2 Å². The van der Waals surface area contributed by atoms with Crippen molar-refractivity contribution in [3.63, 3.8) is 0 Å². The van der Waals surface area contributed by atoms with Gasteiger partial charge < -0.3 is 0 Å². The van der Waals surface area contributed by atoms with Gasteiger partial charge in [0, 0.05) is 11.1 Å². The molecule has 4 aromatic rings. The highest BCUT2D eigenvalue weighted by molar-refractivity contribution is 7.89. The third kappa shape index (κ3) is 4.72. The smallest absolute Gasteiger partial charge is 0.294 e. The van der Waals surface area contributed by atoms with E-state index in [0.29, 0.717) is 27.3 Å². The largest absolute Gasteiger partial charge is 0.308 e. The molecule has 0 amide bonds. The average Bonchev–Trinajstić information content (AvgIpc) is 3.04. The maximum Gasteiger partial charge on any atom is 0.308 e. The van der Waals surface area contributed by atoms with Crippen LogP contribution in [-0.4, -0.2) is 13.0 Å². The fourth-order valence-corrected chi connectivity index (χ4v) is 5.64. The summed E-state index contributed by atoms with van der Waals surface area (Å²) in [6.45, 7) is 2.05. The fourth-order valence-electron chi connectivity index (χ4n) is 3.26. The minimum atomic E-state index is -3.84. The van der Waals surface area contributed by atoms with Gasteiger partial charge in [0.1, 0.15) is 5.82 Å². The number of sulfonamides is 1. The third-order valence-electron chi connectivity index (χ3n) is 4.91. The number of fused-ring (bicyclic) bond motifs is 1. The molecule has 0 unspecified atom stereocenters. The minimum Gasteiger partial charge on any atom is -0.294 e. The van der Waals surface area contributed by atoms with Crippen molar-refractivity contribution in [3.05, 3.63) is 98.4 Å². The van der Waals surface area contributed by atoms with Gasteiger partial charge in [-0.05, 0) is 60.5 Å². The van der Waals surface area contributed by atoms with Gasteiger partial charge in [0.15, 0.2) is 0 Å². The Kier molecular flexibility index (Phi) is 5.98. The van der Waals surface area contributed by atoms with Gasteiger partial charge in [0.05, 0.1) is 21.7 Å². The van der Waals surface area contributed by atoms with Crippen LogP contribution in [0, 0.1) is 5.82 Å². The standard InChI is InChI=1S/C22H18ClFN2O3S2/c1-14(16-4-8-18(24)9-5-16)25-31(28,29)19-10-11-20-21(12-19)30-22(27)26(20)13-15-2-6-17(23)7-3-15/h2-12,14,25H,13H2,1H3/t14-/m0/s1. The summed E-state index contributed by atoms with van der Waals surface area (Å²) >= 11 is 6.91. The lowest BCUT2D eigenvalue weighted by Gasteiger charge is -2.15. The van der Waals surface area contributed by atoms with Gasteiger partial charge in [0.25, 0.3) is 0 Å². The minimum absolute atomic E-state index is 0.0638. The second-order valence-corrected chi connectivity index (χ2v) is 10.2. The molecule has 0 aliphatic carbocycles. The normalized spacial score (nSPS) is 12.9. The van der Waals surface area contributed by atoms with Gasteiger partial charge in [-0.1, -0.05) is 47.2 Å². The van der Waals surface area contributed by atoms with Gasteiger partial charge in [0.2, 0.25) is 10.0 Å². The molecule has 0 saturated carbocycles. The molecule has 1 atom stereocenters. The van der Waals surface area contributed by atoms with E-state index in [1.54, 1.807) is 29.7 Å². The van der Waals surface area contributed by atoms with E-state index in [9.17, 15) is 17.6 Å². The van der Waals surface area contributed by atoms with Crippen LogP contribution in [0.25, 0.3) is 10.2 Å². The van der Waals surface area contributed by atoms with Crippen molar-refractivity contribution in [1.29, 1.82) is 0 Å². The highest BCUT2D eigenvalue weighted by atomic mass is 35.5. The van der Waals surface area contributed by atoms with Crippen molar-refractivity contribution < 1.29 is 12.8 Å². The van der Waals surface area contributed by atoms with Crippen molar-refractivity contribution in [2.75, 3.05) is 0 Å². The van der Waals surface area contributed by atoms with Crippen LogP contribution in [-0.2, 0) is 16.6 Å². The number of benzene rings is 3. The van der Waals surface area contributed by atoms with E-state index in [1.807, 2.05) is 12.1 Å². The van der Waals surface area contributed by atoms with Gasteiger partial charge in [-0.3, -0.25) is 9.36 Å². The number of aromatic nitrogens is 1. The molecule has 1 heterocycles. The average molecular weight is 477 g/mol. The van der Waals surface area contributed by atoms with Crippen LogP contribution in [0.15, 0.2) is 76.4 Å².